The Kier molecular flexibility index (Phi) is 4.93. The summed E-state index contributed by atoms with van der Waals surface area (Å²) in [6.07, 6.45) is 4.74. The number of anilines is 1. The molecule has 0 aromatic heterocycles. The molecule has 1 aliphatic heterocycles. The van der Waals surface area contributed by atoms with Crippen molar-refractivity contribution < 1.29 is 9.59 Å². The van der Waals surface area contributed by atoms with E-state index in [-0.39, 0.29) is 18.2 Å². The Labute approximate surface area is 156 Å². The first-order valence-electron chi connectivity index (χ1n) is 9.01. The summed E-state index contributed by atoms with van der Waals surface area (Å²) in [6.45, 7) is 0. The summed E-state index contributed by atoms with van der Waals surface area (Å²) < 4.78 is 0. The van der Waals surface area contributed by atoms with Crippen LogP contribution in [-0.4, -0.2) is 28.3 Å². The lowest BCUT2D eigenvalue weighted by molar-refractivity contribution is -0.122. The van der Waals surface area contributed by atoms with Crippen molar-refractivity contribution in [3.05, 3.63) is 42.5 Å². The van der Waals surface area contributed by atoms with Gasteiger partial charge in [-0.1, -0.05) is 54.9 Å². The molecule has 2 aliphatic rings. The van der Waals surface area contributed by atoms with E-state index in [4.69, 9.17) is 0 Å². The van der Waals surface area contributed by atoms with Crippen molar-refractivity contribution in [2.75, 3.05) is 5.32 Å². The van der Waals surface area contributed by atoms with Gasteiger partial charge >= 0.3 is 0 Å². The maximum atomic E-state index is 12.4. The number of nitrogens with zero attached hydrogens (tertiary/aromatic N) is 1. The van der Waals surface area contributed by atoms with Crippen LogP contribution in [0.3, 0.4) is 0 Å². The quantitative estimate of drug-likeness (QED) is 0.866. The molecule has 0 unspecified atom stereocenters. The van der Waals surface area contributed by atoms with Gasteiger partial charge in [0.15, 0.2) is 5.17 Å². The Bertz CT molecular complexity index is 874. The zero-order valence-corrected chi connectivity index (χ0v) is 15.2. The molecule has 2 aromatic rings. The molecule has 1 saturated heterocycles. The van der Waals surface area contributed by atoms with E-state index in [9.17, 15) is 9.59 Å². The second-order valence-electron chi connectivity index (χ2n) is 6.78. The van der Waals surface area contributed by atoms with Gasteiger partial charge in [0, 0.05) is 12.1 Å². The smallest absolute Gasteiger partial charge is 0.240 e. The SMILES string of the molecule is O=C(C[C@H]1SC(=NC2CCCC2)NC1=O)Nc1ccc2ccccc2c1. The van der Waals surface area contributed by atoms with E-state index >= 15 is 0 Å². The lowest BCUT2D eigenvalue weighted by atomic mass is 10.1. The largest absolute Gasteiger partial charge is 0.326 e. The Morgan fingerprint density at radius 1 is 1.15 bits per heavy atom. The normalized spacial score (nSPS) is 22.1. The van der Waals surface area contributed by atoms with E-state index in [1.807, 2.05) is 42.5 Å². The molecule has 0 bridgehead atoms. The minimum absolute atomic E-state index is 0.125. The van der Waals surface area contributed by atoms with Crippen LogP contribution in [-0.2, 0) is 9.59 Å². The van der Waals surface area contributed by atoms with Crippen LogP contribution in [0.25, 0.3) is 10.8 Å². The summed E-state index contributed by atoms with van der Waals surface area (Å²) in [6, 6.07) is 14.1. The van der Waals surface area contributed by atoms with Crippen LogP contribution in [0.2, 0.25) is 0 Å². The number of nitrogens with one attached hydrogen (secondary N) is 2. The number of carbonyl (C=O) groups excluding carboxylic acids is 2. The predicted molar refractivity (Wildman–Crippen MR) is 106 cm³/mol. The summed E-state index contributed by atoms with van der Waals surface area (Å²) in [5.74, 6) is -0.282. The molecule has 5 nitrogen and oxygen atoms in total. The fourth-order valence-electron chi connectivity index (χ4n) is 3.45. The molecular formula is C20H21N3O2S. The van der Waals surface area contributed by atoms with Crippen LogP contribution in [0.1, 0.15) is 32.1 Å². The highest BCUT2D eigenvalue weighted by Crippen LogP contribution is 2.27. The first-order valence-corrected chi connectivity index (χ1v) is 9.89. The molecule has 134 valence electrons. The molecule has 2 N–H and O–H groups in total. The predicted octanol–water partition coefficient (Wildman–Crippen LogP) is 3.70. The number of aliphatic imine (C=N–C) groups is 1. The molecule has 6 heteroatoms. The molecule has 2 aromatic carbocycles. The molecule has 0 spiro atoms. The topological polar surface area (TPSA) is 70.6 Å². The maximum Gasteiger partial charge on any atom is 0.240 e. The van der Waals surface area contributed by atoms with Gasteiger partial charge in [-0.3, -0.25) is 14.6 Å². The summed E-state index contributed by atoms with van der Waals surface area (Å²) in [4.78, 5) is 29.1. The van der Waals surface area contributed by atoms with Crippen molar-refractivity contribution >= 4 is 45.2 Å². The summed E-state index contributed by atoms with van der Waals surface area (Å²) in [5.41, 5.74) is 0.747. The second kappa shape index (κ2) is 7.50. The first kappa shape index (κ1) is 17.1. The standard InChI is InChI=1S/C20H21N3O2S/c24-18(21-16-10-9-13-5-1-2-6-14(13)11-16)12-17-19(25)23-20(26-17)22-15-7-3-4-8-15/h1-2,5-6,9-11,15,17H,3-4,7-8,12H2,(H,21,24)(H,22,23,25)/t17-/m1/s1. The van der Waals surface area contributed by atoms with E-state index in [1.54, 1.807) is 0 Å². The zero-order chi connectivity index (χ0) is 17.9. The van der Waals surface area contributed by atoms with E-state index in [0.717, 1.165) is 29.3 Å². The van der Waals surface area contributed by atoms with Gasteiger partial charge in [-0.25, -0.2) is 0 Å². The van der Waals surface area contributed by atoms with Crippen LogP contribution in [0, 0.1) is 0 Å². The number of thioether (sulfide) groups is 1. The number of hydrogen-bond donors (Lipinski definition) is 2. The molecule has 2 fully saturated rings. The van der Waals surface area contributed by atoms with Crippen LogP contribution in [0.4, 0.5) is 5.69 Å². The number of amidine groups is 1. The van der Waals surface area contributed by atoms with E-state index < -0.39 is 5.25 Å². The van der Waals surface area contributed by atoms with Crippen molar-refractivity contribution in [1.29, 1.82) is 0 Å². The van der Waals surface area contributed by atoms with Crippen molar-refractivity contribution in [1.82, 2.24) is 5.32 Å². The number of carbonyl (C=O) groups is 2. The minimum atomic E-state index is -0.407. The molecule has 0 radical (unpaired) electrons. The van der Waals surface area contributed by atoms with E-state index in [2.05, 4.69) is 15.6 Å². The Morgan fingerprint density at radius 3 is 2.73 bits per heavy atom. The van der Waals surface area contributed by atoms with Gasteiger partial charge in [0.25, 0.3) is 0 Å². The number of amides is 2. The lowest BCUT2D eigenvalue weighted by Crippen LogP contribution is -2.28. The first-order chi connectivity index (χ1) is 12.7. The van der Waals surface area contributed by atoms with Crippen molar-refractivity contribution in [2.24, 2.45) is 4.99 Å². The van der Waals surface area contributed by atoms with Crippen LogP contribution in [0.15, 0.2) is 47.5 Å². The van der Waals surface area contributed by atoms with Crippen molar-refractivity contribution in [2.45, 2.75) is 43.4 Å². The number of benzene rings is 2. The van der Waals surface area contributed by atoms with E-state index in [0.29, 0.717) is 11.2 Å². The Morgan fingerprint density at radius 2 is 1.92 bits per heavy atom. The van der Waals surface area contributed by atoms with Gasteiger partial charge in [0.1, 0.15) is 5.25 Å². The number of rotatable bonds is 4. The molecule has 4 rings (SSSR count). The summed E-state index contributed by atoms with van der Waals surface area (Å²) in [5, 5.41) is 8.18. The summed E-state index contributed by atoms with van der Waals surface area (Å²) >= 11 is 1.38. The van der Waals surface area contributed by atoms with Crippen LogP contribution < -0.4 is 10.6 Å². The third-order valence-electron chi connectivity index (χ3n) is 4.80. The Balaban J connectivity index is 1.37. The fraction of sp³-hybridized carbons (Fsp3) is 0.350. The van der Waals surface area contributed by atoms with Gasteiger partial charge in [-0.15, -0.1) is 0 Å². The van der Waals surface area contributed by atoms with Crippen LogP contribution >= 0.6 is 11.8 Å². The second-order valence-corrected chi connectivity index (χ2v) is 7.97. The molecule has 1 atom stereocenters. The minimum Gasteiger partial charge on any atom is -0.326 e. The summed E-state index contributed by atoms with van der Waals surface area (Å²) in [7, 11) is 0. The van der Waals surface area contributed by atoms with Gasteiger partial charge in [0.2, 0.25) is 11.8 Å². The van der Waals surface area contributed by atoms with Crippen molar-refractivity contribution in [3.8, 4) is 0 Å². The molecule has 1 saturated carbocycles. The zero-order valence-electron chi connectivity index (χ0n) is 14.4. The highest BCUT2D eigenvalue weighted by atomic mass is 32.2. The van der Waals surface area contributed by atoms with Gasteiger partial charge in [-0.05, 0) is 35.7 Å². The monoisotopic (exact) mass is 367 g/mol. The lowest BCUT2D eigenvalue weighted by Gasteiger charge is -2.08. The van der Waals surface area contributed by atoms with Gasteiger partial charge in [-0.2, -0.15) is 0 Å². The molecule has 1 aliphatic carbocycles. The third-order valence-corrected chi connectivity index (χ3v) is 5.90. The van der Waals surface area contributed by atoms with Crippen LogP contribution in [0.5, 0.6) is 0 Å². The molecule has 2 amide bonds. The number of fused-ring (bicyclic) bond motifs is 1. The fourth-order valence-corrected chi connectivity index (χ4v) is 4.49. The van der Waals surface area contributed by atoms with Gasteiger partial charge in [0.05, 0.1) is 6.04 Å². The average molecular weight is 367 g/mol. The highest BCUT2D eigenvalue weighted by Gasteiger charge is 2.32. The Hall–Kier alpha value is -2.34. The molecular weight excluding hydrogens is 346 g/mol. The molecule has 26 heavy (non-hydrogen) atoms. The third kappa shape index (κ3) is 3.90. The maximum absolute atomic E-state index is 12.4. The number of hydrogen-bond acceptors (Lipinski definition) is 4. The molecule has 1 heterocycles. The van der Waals surface area contributed by atoms with E-state index in [1.165, 1.54) is 24.6 Å². The highest BCUT2D eigenvalue weighted by molar-refractivity contribution is 8.15. The van der Waals surface area contributed by atoms with Gasteiger partial charge < -0.3 is 10.6 Å². The van der Waals surface area contributed by atoms with Crippen molar-refractivity contribution in [3.63, 3.8) is 0 Å². The average Bonchev–Trinajstić information content (AvgIpc) is 3.25.